The van der Waals surface area contributed by atoms with Gasteiger partial charge in [-0.05, 0) is 90.9 Å². The van der Waals surface area contributed by atoms with Gasteiger partial charge in [-0.2, -0.15) is 0 Å². The number of ketones is 1. The number of rotatable bonds is 15. The highest BCUT2D eigenvalue weighted by atomic mass is 16.5. The van der Waals surface area contributed by atoms with Crippen LogP contribution in [0.5, 0.6) is 0 Å². The van der Waals surface area contributed by atoms with E-state index in [9.17, 15) is 14.7 Å². The van der Waals surface area contributed by atoms with Gasteiger partial charge in [-0.15, -0.1) is 0 Å². The molecule has 4 heteroatoms. The number of carbonyl (C=O) groups excluding carboxylic acids is 2. The van der Waals surface area contributed by atoms with Gasteiger partial charge in [-0.3, -0.25) is 9.59 Å². The van der Waals surface area contributed by atoms with Gasteiger partial charge >= 0.3 is 5.97 Å². The van der Waals surface area contributed by atoms with Gasteiger partial charge in [0.2, 0.25) is 0 Å². The Morgan fingerprint density at radius 3 is 1.98 bits per heavy atom. The molecule has 4 nitrogen and oxygen atoms in total. The second-order valence-corrected chi connectivity index (χ2v) is 20.2. The number of hydrogen-bond donors (Lipinski definition) is 1. The monoisotopic (exact) mass is 695 g/mol. The van der Waals surface area contributed by atoms with Gasteiger partial charge < -0.3 is 9.84 Å². The van der Waals surface area contributed by atoms with Crippen molar-refractivity contribution in [3.05, 3.63) is 11.6 Å². The van der Waals surface area contributed by atoms with Crippen LogP contribution in [0.25, 0.3) is 0 Å². The zero-order valence-corrected chi connectivity index (χ0v) is 34.1. The molecule has 0 bridgehead atoms. The van der Waals surface area contributed by atoms with E-state index in [4.69, 9.17) is 4.74 Å². The fourth-order valence-corrected chi connectivity index (χ4v) is 13.3. The number of hydrogen-bond acceptors (Lipinski definition) is 4. The van der Waals surface area contributed by atoms with Crippen LogP contribution in [-0.4, -0.2) is 29.1 Å². The van der Waals surface area contributed by atoms with Crippen molar-refractivity contribution in [2.24, 2.45) is 56.7 Å². The van der Waals surface area contributed by atoms with Crippen LogP contribution >= 0.6 is 0 Å². The fraction of sp³-hybridized carbons (Fsp3) is 0.913. The Hall–Kier alpha value is -1.16. The minimum atomic E-state index is -0.677. The molecular weight excluding hydrogens is 617 g/mol. The predicted octanol–water partition coefficient (Wildman–Crippen LogP) is 12.2. The molecule has 0 aromatic rings. The molecule has 0 aromatic heterocycles. The minimum absolute atomic E-state index is 0.0455. The molecule has 1 N–H and O–H groups in total. The van der Waals surface area contributed by atoms with E-state index >= 15 is 0 Å². The quantitative estimate of drug-likeness (QED) is 0.137. The molecule has 0 radical (unpaired) electrons. The van der Waals surface area contributed by atoms with Crippen LogP contribution in [0, 0.1) is 56.7 Å². The maximum Gasteiger partial charge on any atom is 0.306 e. The second-order valence-electron chi connectivity index (χ2n) is 20.2. The summed E-state index contributed by atoms with van der Waals surface area (Å²) in [5.74, 6) is 1.75. The van der Waals surface area contributed by atoms with Crippen molar-refractivity contribution in [3.8, 4) is 0 Å². The third kappa shape index (κ3) is 7.09. The van der Waals surface area contributed by atoms with E-state index in [-0.39, 0.29) is 51.4 Å². The highest BCUT2D eigenvalue weighted by molar-refractivity contribution is 5.95. The number of allylic oxidation sites excluding steroid dienone is 2. The summed E-state index contributed by atoms with van der Waals surface area (Å²) in [5, 5.41) is 12.2. The number of aliphatic hydroxyl groups is 1. The summed E-state index contributed by atoms with van der Waals surface area (Å²) in [5.41, 5.74) is 0.609. The van der Waals surface area contributed by atoms with Crippen LogP contribution in [0.2, 0.25) is 0 Å². The molecular formula is C46H78O4. The summed E-state index contributed by atoms with van der Waals surface area (Å²) in [4.78, 5) is 27.9. The molecule has 4 saturated carbocycles. The third-order valence-electron chi connectivity index (χ3n) is 17.0. The highest BCUT2D eigenvalue weighted by Gasteiger charge is 2.72. The summed E-state index contributed by atoms with van der Waals surface area (Å²) in [6.45, 7) is 21.3. The Morgan fingerprint density at radius 2 is 1.38 bits per heavy atom. The van der Waals surface area contributed by atoms with E-state index in [1.165, 1.54) is 95.5 Å². The molecule has 5 aliphatic rings. The molecule has 286 valence electrons. The maximum absolute atomic E-state index is 14.7. The van der Waals surface area contributed by atoms with Gasteiger partial charge in [0, 0.05) is 29.6 Å². The van der Waals surface area contributed by atoms with Crippen molar-refractivity contribution >= 4 is 11.8 Å². The van der Waals surface area contributed by atoms with Gasteiger partial charge in [0.05, 0.1) is 6.10 Å². The molecule has 11 unspecified atom stereocenters. The third-order valence-corrected chi connectivity index (χ3v) is 17.0. The largest absolute Gasteiger partial charge is 0.462 e. The summed E-state index contributed by atoms with van der Waals surface area (Å²) >= 11 is 0. The van der Waals surface area contributed by atoms with Crippen molar-refractivity contribution in [2.45, 2.75) is 209 Å². The van der Waals surface area contributed by atoms with E-state index in [1.807, 2.05) is 0 Å². The number of fused-ring (bicyclic) bond motifs is 7. The Morgan fingerprint density at radius 1 is 0.800 bits per heavy atom. The zero-order chi connectivity index (χ0) is 36.5. The molecule has 5 rings (SSSR count). The Balaban J connectivity index is 1.18. The van der Waals surface area contributed by atoms with Gasteiger partial charge in [0.15, 0.2) is 5.78 Å². The molecule has 4 fully saturated rings. The standard InChI is InChI=1S/C46H78O4/c1-10-11-12-13-14-15-16-17-18-19-20-21-22-23-39(49)50-38-31-37(48)46(9)36(42(38,4)5)25-27-45(8)41(46)35(47)30-34-40-33(3)32(2)24-26-43(40,6)28-29-44(34,45)7/h30,32-33,36-38,40-41,48H,10-29,31H2,1-9H3. The average molecular weight is 695 g/mol. The molecule has 5 aliphatic carbocycles. The van der Waals surface area contributed by atoms with Crippen molar-refractivity contribution in [2.75, 3.05) is 0 Å². The van der Waals surface area contributed by atoms with E-state index < -0.39 is 11.5 Å². The SMILES string of the molecule is CCCCCCCCCCCCCCCC(=O)OC1CC(O)C2(C)C(CCC3(C)C2C(=O)C=C2C4C(C)C(C)CCC4(C)CCC23C)C1(C)C. The lowest BCUT2D eigenvalue weighted by molar-refractivity contribution is -0.243. The Labute approximate surface area is 308 Å². The first-order valence-electron chi connectivity index (χ1n) is 21.7. The fourth-order valence-electron chi connectivity index (χ4n) is 13.3. The number of unbranched alkanes of at least 4 members (excludes halogenated alkanes) is 12. The lowest BCUT2D eigenvalue weighted by Gasteiger charge is -2.71. The van der Waals surface area contributed by atoms with E-state index in [2.05, 4.69) is 68.4 Å². The summed E-state index contributed by atoms with van der Waals surface area (Å²) in [7, 11) is 0. The lowest BCUT2D eigenvalue weighted by atomic mass is 9.33. The number of esters is 1. The minimum Gasteiger partial charge on any atom is -0.462 e. The molecule has 0 saturated heterocycles. The smallest absolute Gasteiger partial charge is 0.306 e. The molecule has 0 aliphatic heterocycles. The van der Waals surface area contributed by atoms with Crippen LogP contribution in [-0.2, 0) is 14.3 Å². The van der Waals surface area contributed by atoms with Crippen molar-refractivity contribution < 1.29 is 19.4 Å². The summed E-state index contributed by atoms with van der Waals surface area (Å²) in [6, 6.07) is 0. The Bertz CT molecular complexity index is 1220. The van der Waals surface area contributed by atoms with Crippen LogP contribution in [0.3, 0.4) is 0 Å². The molecule has 0 heterocycles. The first kappa shape index (κ1) is 40.0. The molecule has 0 amide bonds. The van der Waals surface area contributed by atoms with Gasteiger partial charge in [0.1, 0.15) is 6.10 Å². The maximum atomic E-state index is 14.7. The lowest BCUT2D eigenvalue weighted by Crippen LogP contribution is -2.70. The number of carbonyl (C=O) groups is 2. The molecule has 50 heavy (non-hydrogen) atoms. The van der Waals surface area contributed by atoms with E-state index in [0.717, 1.165) is 32.1 Å². The zero-order valence-electron chi connectivity index (χ0n) is 34.1. The van der Waals surface area contributed by atoms with Crippen molar-refractivity contribution in [3.63, 3.8) is 0 Å². The topological polar surface area (TPSA) is 63.6 Å². The Kier molecular flexibility index (Phi) is 12.5. The van der Waals surface area contributed by atoms with Gasteiger partial charge in [0.25, 0.3) is 0 Å². The van der Waals surface area contributed by atoms with Crippen molar-refractivity contribution in [1.29, 1.82) is 0 Å². The average Bonchev–Trinajstić information content (AvgIpc) is 3.05. The second kappa shape index (κ2) is 15.7. The molecule has 0 aromatic carbocycles. The summed E-state index contributed by atoms with van der Waals surface area (Å²) < 4.78 is 6.27. The highest BCUT2D eigenvalue weighted by Crippen LogP contribution is 2.75. The molecule has 11 atom stereocenters. The normalized spacial score (nSPS) is 42.1. The van der Waals surface area contributed by atoms with Gasteiger partial charge in [-0.25, -0.2) is 0 Å². The van der Waals surface area contributed by atoms with Crippen molar-refractivity contribution in [1.82, 2.24) is 0 Å². The first-order chi connectivity index (χ1) is 23.6. The van der Waals surface area contributed by atoms with Crippen LogP contribution in [0.15, 0.2) is 11.6 Å². The molecule has 0 spiro atoms. The van der Waals surface area contributed by atoms with Crippen LogP contribution in [0.1, 0.15) is 197 Å². The van der Waals surface area contributed by atoms with E-state index in [0.29, 0.717) is 30.6 Å². The van der Waals surface area contributed by atoms with E-state index in [1.54, 1.807) is 0 Å². The number of aliphatic hydroxyl groups excluding tert-OH is 1. The number of ether oxygens (including phenoxy) is 1. The first-order valence-corrected chi connectivity index (χ1v) is 21.7. The van der Waals surface area contributed by atoms with Gasteiger partial charge in [-0.1, -0.05) is 145 Å². The predicted molar refractivity (Wildman–Crippen MR) is 207 cm³/mol. The summed E-state index contributed by atoms with van der Waals surface area (Å²) in [6.07, 6.45) is 25.6. The van der Waals surface area contributed by atoms with Crippen LogP contribution in [0.4, 0.5) is 0 Å². The van der Waals surface area contributed by atoms with Crippen LogP contribution < -0.4 is 0 Å².